The topological polar surface area (TPSA) is 72.1 Å². The molecule has 2 amide bonds. The highest BCUT2D eigenvalue weighted by molar-refractivity contribution is 5.89. The molecule has 7 heteroatoms. The molecule has 140 valence electrons. The van der Waals surface area contributed by atoms with Crippen molar-refractivity contribution in [2.75, 3.05) is 51.8 Å². The zero-order valence-corrected chi connectivity index (χ0v) is 15.3. The van der Waals surface area contributed by atoms with Crippen molar-refractivity contribution >= 4 is 11.7 Å². The number of amides is 2. The van der Waals surface area contributed by atoms with Crippen LogP contribution in [0.2, 0.25) is 0 Å². The van der Waals surface area contributed by atoms with Gasteiger partial charge in [0.2, 0.25) is 0 Å². The lowest BCUT2D eigenvalue weighted by Crippen LogP contribution is -2.48. The number of ether oxygens (including phenoxy) is 3. The normalized spacial score (nSPS) is 20.9. The number of carbonyl (C=O) groups is 1. The third kappa shape index (κ3) is 7.29. The summed E-state index contributed by atoms with van der Waals surface area (Å²) in [6, 6.07) is 7.06. The van der Waals surface area contributed by atoms with Crippen LogP contribution in [0.25, 0.3) is 0 Å². The zero-order chi connectivity index (χ0) is 18.1. The van der Waals surface area contributed by atoms with E-state index in [0.717, 1.165) is 31.1 Å². The maximum Gasteiger partial charge on any atom is 0.319 e. The van der Waals surface area contributed by atoms with Gasteiger partial charge in [-0.05, 0) is 38.1 Å². The van der Waals surface area contributed by atoms with Crippen LogP contribution in [0, 0.1) is 0 Å². The first-order chi connectivity index (χ1) is 12.1. The molecule has 2 N–H and O–H groups in total. The number of urea groups is 1. The Morgan fingerprint density at radius 3 is 2.52 bits per heavy atom. The van der Waals surface area contributed by atoms with E-state index in [-0.39, 0.29) is 18.2 Å². The van der Waals surface area contributed by atoms with Gasteiger partial charge in [-0.25, -0.2) is 4.79 Å². The number of benzene rings is 1. The Labute approximate surface area is 149 Å². The van der Waals surface area contributed by atoms with Crippen LogP contribution in [0.1, 0.15) is 13.8 Å². The Morgan fingerprint density at radius 1 is 1.20 bits per heavy atom. The minimum absolute atomic E-state index is 0.206. The van der Waals surface area contributed by atoms with Crippen LogP contribution in [0.3, 0.4) is 0 Å². The van der Waals surface area contributed by atoms with Crippen LogP contribution < -0.4 is 15.4 Å². The van der Waals surface area contributed by atoms with Gasteiger partial charge >= 0.3 is 6.03 Å². The fourth-order valence-electron chi connectivity index (χ4n) is 2.85. The Balaban J connectivity index is 1.66. The van der Waals surface area contributed by atoms with E-state index in [1.165, 1.54) is 0 Å². The van der Waals surface area contributed by atoms with Gasteiger partial charge in [-0.15, -0.1) is 0 Å². The van der Waals surface area contributed by atoms with Gasteiger partial charge in [-0.2, -0.15) is 0 Å². The van der Waals surface area contributed by atoms with Crippen LogP contribution in [0.4, 0.5) is 10.5 Å². The molecule has 1 aliphatic rings. The number of methoxy groups -OCH3 is 1. The molecule has 2 atom stereocenters. The van der Waals surface area contributed by atoms with Crippen molar-refractivity contribution in [3.63, 3.8) is 0 Å². The van der Waals surface area contributed by atoms with Crippen molar-refractivity contribution in [2.45, 2.75) is 26.1 Å². The summed E-state index contributed by atoms with van der Waals surface area (Å²) in [5, 5.41) is 5.70. The van der Waals surface area contributed by atoms with Crippen LogP contribution in [0.15, 0.2) is 24.3 Å². The van der Waals surface area contributed by atoms with E-state index in [0.29, 0.717) is 19.8 Å². The van der Waals surface area contributed by atoms with Gasteiger partial charge in [0.05, 0.1) is 18.8 Å². The van der Waals surface area contributed by atoms with E-state index in [9.17, 15) is 4.79 Å². The lowest BCUT2D eigenvalue weighted by molar-refractivity contribution is -0.0672. The van der Waals surface area contributed by atoms with Gasteiger partial charge in [-0.1, -0.05) is 0 Å². The van der Waals surface area contributed by atoms with Crippen molar-refractivity contribution < 1.29 is 19.0 Å². The number of anilines is 1. The maximum atomic E-state index is 12.0. The first-order valence-corrected chi connectivity index (χ1v) is 8.71. The summed E-state index contributed by atoms with van der Waals surface area (Å²) in [7, 11) is 1.63. The van der Waals surface area contributed by atoms with Gasteiger partial charge in [-0.3, -0.25) is 4.90 Å². The number of morpholine rings is 1. The molecule has 25 heavy (non-hydrogen) atoms. The smallest absolute Gasteiger partial charge is 0.319 e. The second-order valence-corrected chi connectivity index (χ2v) is 6.26. The molecular weight excluding hydrogens is 322 g/mol. The van der Waals surface area contributed by atoms with E-state index >= 15 is 0 Å². The summed E-state index contributed by atoms with van der Waals surface area (Å²) < 4.78 is 16.1. The number of rotatable bonds is 8. The van der Waals surface area contributed by atoms with Gasteiger partial charge in [0.1, 0.15) is 12.4 Å². The molecule has 1 saturated heterocycles. The average molecular weight is 351 g/mol. The Kier molecular flexibility index (Phi) is 7.97. The van der Waals surface area contributed by atoms with Gasteiger partial charge in [0, 0.05) is 39.0 Å². The average Bonchev–Trinajstić information content (AvgIpc) is 2.56. The minimum Gasteiger partial charge on any atom is -0.491 e. The fourth-order valence-corrected chi connectivity index (χ4v) is 2.85. The quantitative estimate of drug-likeness (QED) is 0.701. The van der Waals surface area contributed by atoms with Crippen molar-refractivity contribution in [2.24, 2.45) is 0 Å². The molecule has 1 aliphatic heterocycles. The molecule has 1 aromatic rings. The Hall–Kier alpha value is -1.83. The fraction of sp³-hybridized carbons (Fsp3) is 0.611. The van der Waals surface area contributed by atoms with Gasteiger partial charge < -0.3 is 24.8 Å². The molecule has 1 aromatic carbocycles. The third-order valence-corrected chi connectivity index (χ3v) is 3.88. The molecular formula is C18H29N3O4. The highest BCUT2D eigenvalue weighted by Crippen LogP contribution is 2.15. The molecule has 0 spiro atoms. The molecule has 2 unspecified atom stereocenters. The summed E-state index contributed by atoms with van der Waals surface area (Å²) in [4.78, 5) is 14.3. The lowest BCUT2D eigenvalue weighted by atomic mass is 10.2. The summed E-state index contributed by atoms with van der Waals surface area (Å²) in [6.07, 6.45) is 0.476. The monoisotopic (exact) mass is 351 g/mol. The molecule has 0 aromatic heterocycles. The van der Waals surface area contributed by atoms with E-state index in [2.05, 4.69) is 29.4 Å². The molecule has 0 saturated carbocycles. The highest BCUT2D eigenvalue weighted by Gasteiger charge is 2.21. The lowest BCUT2D eigenvalue weighted by Gasteiger charge is -2.35. The maximum absolute atomic E-state index is 12.0. The van der Waals surface area contributed by atoms with Crippen LogP contribution in [0.5, 0.6) is 5.75 Å². The Morgan fingerprint density at radius 2 is 1.88 bits per heavy atom. The Bertz CT molecular complexity index is 514. The van der Waals surface area contributed by atoms with Crippen LogP contribution in [-0.2, 0) is 9.47 Å². The van der Waals surface area contributed by atoms with Gasteiger partial charge in [0.25, 0.3) is 0 Å². The first kappa shape index (κ1) is 19.5. The summed E-state index contributed by atoms with van der Waals surface area (Å²) in [5.41, 5.74) is 0.727. The SMILES string of the molecule is COCCOc1ccc(NC(=O)NCCN2CC(C)OC(C)C2)cc1. The van der Waals surface area contributed by atoms with E-state index in [4.69, 9.17) is 14.2 Å². The summed E-state index contributed by atoms with van der Waals surface area (Å²) >= 11 is 0. The number of carbonyl (C=O) groups excluding carboxylic acids is 1. The number of hydrogen-bond acceptors (Lipinski definition) is 5. The molecule has 0 aliphatic carbocycles. The van der Waals surface area contributed by atoms with Crippen molar-refractivity contribution in [3.8, 4) is 5.75 Å². The van der Waals surface area contributed by atoms with Crippen molar-refractivity contribution in [3.05, 3.63) is 24.3 Å². The second kappa shape index (κ2) is 10.2. The van der Waals surface area contributed by atoms with E-state index < -0.39 is 0 Å². The van der Waals surface area contributed by atoms with Crippen molar-refractivity contribution in [1.29, 1.82) is 0 Å². The van der Waals surface area contributed by atoms with E-state index in [1.54, 1.807) is 7.11 Å². The summed E-state index contributed by atoms with van der Waals surface area (Å²) in [5.74, 6) is 0.749. The molecule has 1 fully saturated rings. The molecule has 2 rings (SSSR count). The zero-order valence-electron chi connectivity index (χ0n) is 15.3. The molecule has 1 heterocycles. The second-order valence-electron chi connectivity index (χ2n) is 6.26. The van der Waals surface area contributed by atoms with E-state index in [1.807, 2.05) is 24.3 Å². The molecule has 0 radical (unpaired) electrons. The third-order valence-electron chi connectivity index (χ3n) is 3.88. The van der Waals surface area contributed by atoms with Gasteiger partial charge in [0.15, 0.2) is 0 Å². The largest absolute Gasteiger partial charge is 0.491 e. The predicted molar refractivity (Wildman–Crippen MR) is 97.3 cm³/mol. The van der Waals surface area contributed by atoms with Crippen molar-refractivity contribution in [1.82, 2.24) is 10.2 Å². The first-order valence-electron chi connectivity index (χ1n) is 8.71. The highest BCUT2D eigenvalue weighted by atomic mass is 16.5. The predicted octanol–water partition coefficient (Wildman–Crippen LogP) is 1.94. The number of hydrogen-bond donors (Lipinski definition) is 2. The van der Waals surface area contributed by atoms with Crippen LogP contribution >= 0.6 is 0 Å². The number of nitrogens with one attached hydrogen (secondary N) is 2. The minimum atomic E-state index is -0.206. The summed E-state index contributed by atoms with van der Waals surface area (Å²) in [6.45, 7) is 8.42. The standard InChI is InChI=1S/C18H29N3O4/c1-14-12-21(13-15(2)25-14)9-8-19-18(22)20-16-4-6-17(7-5-16)24-11-10-23-3/h4-7,14-15H,8-13H2,1-3H3,(H2,19,20,22). The molecule has 7 nitrogen and oxygen atoms in total. The molecule has 0 bridgehead atoms. The van der Waals surface area contributed by atoms with Crippen LogP contribution in [-0.4, -0.2) is 69.6 Å². The number of nitrogens with zero attached hydrogens (tertiary/aromatic N) is 1.